The topological polar surface area (TPSA) is 69.2 Å². The molecule has 1 saturated carbocycles. The third kappa shape index (κ3) is 3.36. The van der Waals surface area contributed by atoms with Crippen LogP contribution < -0.4 is 0 Å². The van der Waals surface area contributed by atoms with E-state index < -0.39 is 5.60 Å². The molecule has 0 aliphatic heterocycles. The summed E-state index contributed by atoms with van der Waals surface area (Å²) in [5, 5.41) is 17.6. The smallest absolute Gasteiger partial charge is 0.271 e. The van der Waals surface area contributed by atoms with Gasteiger partial charge in [-0.2, -0.15) is 5.10 Å². The number of aromatic nitrogens is 2. The molecule has 128 valence electrons. The molecular formula is C19H25N3O2. The first-order chi connectivity index (χ1) is 11.4. The average molecular weight is 327 g/mol. The molecule has 2 N–H and O–H groups in total. The maximum Gasteiger partial charge on any atom is 0.271 e. The van der Waals surface area contributed by atoms with Gasteiger partial charge in [0.15, 0.2) is 0 Å². The molecule has 5 nitrogen and oxygen atoms in total. The first kappa shape index (κ1) is 16.7. The second-order valence-electron chi connectivity index (χ2n) is 7.06. The predicted molar refractivity (Wildman–Crippen MR) is 93.9 cm³/mol. The summed E-state index contributed by atoms with van der Waals surface area (Å²) >= 11 is 0. The number of hydrogen-bond donors (Lipinski definition) is 2. The van der Waals surface area contributed by atoms with Crippen molar-refractivity contribution in [2.24, 2.45) is 0 Å². The van der Waals surface area contributed by atoms with Crippen molar-refractivity contribution in [2.75, 3.05) is 13.6 Å². The molecule has 1 aliphatic rings. The van der Waals surface area contributed by atoms with Crippen LogP contribution in [0.2, 0.25) is 0 Å². The average Bonchev–Trinajstić information content (AvgIpc) is 3.18. The van der Waals surface area contributed by atoms with Crippen LogP contribution in [-0.4, -0.2) is 45.3 Å². The zero-order valence-electron chi connectivity index (χ0n) is 14.6. The second kappa shape index (κ2) is 6.40. The summed E-state index contributed by atoms with van der Waals surface area (Å²) in [5.74, 6) is -0.141. The molecule has 0 atom stereocenters. The number of likely N-dealkylation sites (N-methyl/N-ethyl adjacent to an activating group) is 1. The number of carbonyl (C=O) groups excluding carboxylic acids is 1. The first-order valence-corrected chi connectivity index (χ1v) is 8.49. The number of aromatic amines is 1. The third-order valence-electron chi connectivity index (χ3n) is 5.02. The van der Waals surface area contributed by atoms with Crippen LogP contribution in [0.15, 0.2) is 24.3 Å². The number of rotatable bonds is 4. The highest BCUT2D eigenvalue weighted by atomic mass is 16.3. The van der Waals surface area contributed by atoms with E-state index in [1.54, 1.807) is 18.0 Å². The third-order valence-corrected chi connectivity index (χ3v) is 5.02. The maximum atomic E-state index is 12.6. The molecule has 1 aliphatic carbocycles. The second-order valence-corrected chi connectivity index (χ2v) is 7.06. The standard InChI is InChI=1S/C19H25N3O2/c1-13-6-7-15(10-14(13)2)16-11-17(21-20-16)18(23)22(3)12-19(24)8-4-5-9-19/h6-7,10-11,24H,4-5,8-9,12H2,1-3H3,(H,20,21). The molecule has 5 heteroatoms. The van der Waals surface area contributed by atoms with Gasteiger partial charge in [0.25, 0.3) is 5.91 Å². The molecule has 1 amide bonds. The fourth-order valence-electron chi connectivity index (χ4n) is 3.39. The lowest BCUT2D eigenvalue weighted by Crippen LogP contribution is -2.42. The van der Waals surface area contributed by atoms with E-state index in [4.69, 9.17) is 0 Å². The molecule has 1 aromatic heterocycles. The van der Waals surface area contributed by atoms with Crippen LogP contribution in [0.3, 0.4) is 0 Å². The number of nitrogens with zero attached hydrogens (tertiary/aromatic N) is 2. The number of amides is 1. The van der Waals surface area contributed by atoms with E-state index >= 15 is 0 Å². The van der Waals surface area contributed by atoms with Gasteiger partial charge in [0.1, 0.15) is 5.69 Å². The molecule has 1 aromatic carbocycles. The van der Waals surface area contributed by atoms with Gasteiger partial charge in [-0.3, -0.25) is 9.89 Å². The Kier molecular flexibility index (Phi) is 4.45. The fourth-order valence-corrected chi connectivity index (χ4v) is 3.39. The van der Waals surface area contributed by atoms with E-state index in [1.807, 2.05) is 6.07 Å². The molecule has 1 fully saturated rings. The Hall–Kier alpha value is -2.14. The molecular weight excluding hydrogens is 302 g/mol. The summed E-state index contributed by atoms with van der Waals surface area (Å²) in [6.07, 6.45) is 3.59. The highest BCUT2D eigenvalue weighted by molar-refractivity contribution is 5.93. The van der Waals surface area contributed by atoms with Crippen molar-refractivity contribution >= 4 is 5.91 Å². The highest BCUT2D eigenvalue weighted by Crippen LogP contribution is 2.30. The van der Waals surface area contributed by atoms with Gasteiger partial charge >= 0.3 is 0 Å². The summed E-state index contributed by atoms with van der Waals surface area (Å²) < 4.78 is 0. The van der Waals surface area contributed by atoms with Gasteiger partial charge in [-0.25, -0.2) is 0 Å². The SMILES string of the molecule is Cc1ccc(-c2cc(C(=O)N(C)CC3(O)CCCC3)[nH]n2)cc1C. The summed E-state index contributed by atoms with van der Waals surface area (Å²) in [5.41, 5.74) is 3.90. The summed E-state index contributed by atoms with van der Waals surface area (Å²) in [6.45, 7) is 4.50. The number of H-pyrrole nitrogens is 1. The summed E-state index contributed by atoms with van der Waals surface area (Å²) in [6, 6.07) is 7.92. The quantitative estimate of drug-likeness (QED) is 0.907. The minimum Gasteiger partial charge on any atom is -0.388 e. The molecule has 2 aromatic rings. The van der Waals surface area contributed by atoms with Crippen LogP contribution in [0.25, 0.3) is 11.3 Å². The lowest BCUT2D eigenvalue weighted by atomic mass is 10.0. The van der Waals surface area contributed by atoms with Crippen molar-refractivity contribution in [2.45, 2.75) is 45.1 Å². The number of hydrogen-bond acceptors (Lipinski definition) is 3. The Morgan fingerprint density at radius 2 is 1.96 bits per heavy atom. The van der Waals surface area contributed by atoms with Gasteiger partial charge in [-0.15, -0.1) is 0 Å². The Morgan fingerprint density at radius 1 is 1.25 bits per heavy atom. The lowest BCUT2D eigenvalue weighted by molar-refractivity contribution is 0.0155. The van der Waals surface area contributed by atoms with E-state index in [1.165, 1.54) is 11.1 Å². The van der Waals surface area contributed by atoms with Crippen LogP contribution in [0.4, 0.5) is 0 Å². The number of nitrogens with one attached hydrogen (secondary N) is 1. The predicted octanol–water partition coefficient (Wildman–Crippen LogP) is 3.07. The van der Waals surface area contributed by atoms with E-state index in [0.717, 1.165) is 36.9 Å². The Labute approximate surface area is 142 Å². The fraction of sp³-hybridized carbons (Fsp3) is 0.474. The van der Waals surface area contributed by atoms with Crippen molar-refractivity contribution in [3.8, 4) is 11.3 Å². The summed E-state index contributed by atoms with van der Waals surface area (Å²) in [7, 11) is 1.73. The van der Waals surface area contributed by atoms with Gasteiger partial charge < -0.3 is 10.0 Å². The molecule has 3 rings (SSSR count). The zero-order valence-corrected chi connectivity index (χ0v) is 14.6. The molecule has 0 unspecified atom stereocenters. The Balaban J connectivity index is 1.74. The normalized spacial score (nSPS) is 16.3. The van der Waals surface area contributed by atoms with Gasteiger partial charge in [-0.05, 0) is 49.9 Å². The highest BCUT2D eigenvalue weighted by Gasteiger charge is 2.33. The Morgan fingerprint density at radius 3 is 2.62 bits per heavy atom. The molecule has 1 heterocycles. The van der Waals surface area contributed by atoms with Crippen molar-refractivity contribution < 1.29 is 9.90 Å². The van der Waals surface area contributed by atoms with E-state index in [2.05, 4.69) is 36.2 Å². The number of aliphatic hydroxyl groups is 1. The molecule has 0 spiro atoms. The first-order valence-electron chi connectivity index (χ1n) is 8.49. The molecule has 24 heavy (non-hydrogen) atoms. The maximum absolute atomic E-state index is 12.6. The Bertz CT molecular complexity index is 745. The van der Waals surface area contributed by atoms with Crippen LogP contribution >= 0.6 is 0 Å². The molecule has 0 saturated heterocycles. The molecule has 0 bridgehead atoms. The number of aryl methyl sites for hydroxylation is 2. The number of benzene rings is 1. The van der Waals surface area contributed by atoms with Crippen LogP contribution in [0, 0.1) is 13.8 Å². The van der Waals surface area contributed by atoms with Crippen LogP contribution in [-0.2, 0) is 0 Å². The minimum atomic E-state index is -0.735. The van der Waals surface area contributed by atoms with Gasteiger partial charge in [-0.1, -0.05) is 25.0 Å². The van der Waals surface area contributed by atoms with E-state index in [0.29, 0.717) is 12.2 Å². The van der Waals surface area contributed by atoms with Gasteiger partial charge in [0.05, 0.1) is 11.3 Å². The van der Waals surface area contributed by atoms with Crippen molar-refractivity contribution in [3.05, 3.63) is 41.1 Å². The van der Waals surface area contributed by atoms with Gasteiger partial charge in [0, 0.05) is 19.2 Å². The van der Waals surface area contributed by atoms with Crippen LogP contribution in [0.1, 0.15) is 47.3 Å². The monoisotopic (exact) mass is 327 g/mol. The minimum absolute atomic E-state index is 0.141. The van der Waals surface area contributed by atoms with E-state index in [9.17, 15) is 9.90 Å². The largest absolute Gasteiger partial charge is 0.388 e. The van der Waals surface area contributed by atoms with Crippen molar-refractivity contribution in [1.29, 1.82) is 0 Å². The van der Waals surface area contributed by atoms with E-state index in [-0.39, 0.29) is 5.91 Å². The van der Waals surface area contributed by atoms with Crippen molar-refractivity contribution in [1.82, 2.24) is 15.1 Å². The van der Waals surface area contributed by atoms with Gasteiger partial charge in [0.2, 0.25) is 0 Å². The molecule has 0 radical (unpaired) electrons. The number of carbonyl (C=O) groups is 1. The van der Waals surface area contributed by atoms with Crippen molar-refractivity contribution in [3.63, 3.8) is 0 Å². The lowest BCUT2D eigenvalue weighted by Gasteiger charge is -2.28. The zero-order chi connectivity index (χ0) is 17.3. The summed E-state index contributed by atoms with van der Waals surface area (Å²) in [4.78, 5) is 14.2. The van der Waals surface area contributed by atoms with Crippen LogP contribution in [0.5, 0.6) is 0 Å².